The average molecular weight is 151 g/mol. The first-order valence-corrected chi connectivity index (χ1v) is 2.11. The van der Waals surface area contributed by atoms with Crippen molar-refractivity contribution in [1.29, 1.82) is 0 Å². The Morgan fingerprint density at radius 2 is 1.75 bits per heavy atom. The van der Waals surface area contributed by atoms with E-state index in [4.69, 9.17) is 5.73 Å². The number of nitrogen functional groups attached to an aromatic ring is 1. The topological polar surface area (TPSA) is 26.0 Å². The maximum Gasteiger partial charge on any atom is 0 e. The largest absolute Gasteiger partial charge is 0.419 e. The maximum atomic E-state index is 5.34. The summed E-state index contributed by atoms with van der Waals surface area (Å²) in [5.41, 5.74) is 6.13. The summed E-state index contributed by atoms with van der Waals surface area (Å²) in [7, 11) is 0. The Bertz CT molecular complexity index is 138. The molecule has 0 aliphatic heterocycles. The number of benzene rings is 1. The van der Waals surface area contributed by atoms with Crippen molar-refractivity contribution in [3.8, 4) is 0 Å². The fraction of sp³-hybridized carbons (Fsp3) is 0. The molecule has 0 aromatic heterocycles. The second-order valence-electron chi connectivity index (χ2n) is 1.33. The SMILES string of the molecule is Nc1cc[c-]cc1.[Co]. The molecule has 0 fully saturated rings. The van der Waals surface area contributed by atoms with E-state index in [-0.39, 0.29) is 16.8 Å². The van der Waals surface area contributed by atoms with E-state index >= 15 is 0 Å². The van der Waals surface area contributed by atoms with Crippen LogP contribution in [-0.4, -0.2) is 0 Å². The van der Waals surface area contributed by atoms with Crippen molar-refractivity contribution in [2.75, 3.05) is 5.73 Å². The van der Waals surface area contributed by atoms with Crippen molar-refractivity contribution >= 4 is 5.69 Å². The van der Waals surface area contributed by atoms with Crippen molar-refractivity contribution in [3.63, 3.8) is 0 Å². The summed E-state index contributed by atoms with van der Waals surface area (Å²) in [5, 5.41) is 0. The minimum absolute atomic E-state index is 0. The number of anilines is 1. The predicted molar refractivity (Wildman–Crippen MR) is 29.7 cm³/mol. The van der Waals surface area contributed by atoms with Crippen LogP contribution in [0.4, 0.5) is 5.69 Å². The number of nitrogens with two attached hydrogens (primary N) is 1. The molecule has 0 saturated carbocycles. The number of hydrogen-bond donors (Lipinski definition) is 1. The Kier molecular flexibility index (Phi) is 3.31. The van der Waals surface area contributed by atoms with Crippen LogP contribution in [-0.2, 0) is 16.8 Å². The van der Waals surface area contributed by atoms with Gasteiger partial charge < -0.3 is 5.73 Å². The molecule has 0 heterocycles. The Morgan fingerprint density at radius 3 is 2.00 bits per heavy atom. The van der Waals surface area contributed by atoms with Gasteiger partial charge in [0.25, 0.3) is 0 Å². The molecule has 1 nitrogen and oxygen atoms in total. The number of rotatable bonds is 0. The van der Waals surface area contributed by atoms with E-state index in [9.17, 15) is 0 Å². The summed E-state index contributed by atoms with van der Waals surface area (Å²) in [6.07, 6.45) is 0. The molecule has 1 aromatic carbocycles. The Balaban J connectivity index is 0.000000490. The molecular formula is C6H6CoN-. The summed E-state index contributed by atoms with van der Waals surface area (Å²) in [5.74, 6) is 0. The van der Waals surface area contributed by atoms with Gasteiger partial charge in [-0.25, -0.2) is 0 Å². The van der Waals surface area contributed by atoms with Crippen molar-refractivity contribution < 1.29 is 16.8 Å². The van der Waals surface area contributed by atoms with Crippen LogP contribution < -0.4 is 5.73 Å². The molecule has 8 heavy (non-hydrogen) atoms. The van der Waals surface area contributed by atoms with Gasteiger partial charge in [0.05, 0.1) is 0 Å². The van der Waals surface area contributed by atoms with Crippen LogP contribution in [0.25, 0.3) is 0 Å². The first kappa shape index (κ1) is 7.53. The van der Waals surface area contributed by atoms with Gasteiger partial charge in [-0.1, -0.05) is 5.69 Å². The van der Waals surface area contributed by atoms with Crippen LogP contribution in [0.1, 0.15) is 0 Å². The van der Waals surface area contributed by atoms with Gasteiger partial charge >= 0.3 is 0 Å². The quantitative estimate of drug-likeness (QED) is 0.435. The normalized spacial score (nSPS) is 7.50. The van der Waals surface area contributed by atoms with Gasteiger partial charge in [0.1, 0.15) is 0 Å². The fourth-order valence-corrected chi connectivity index (χ4v) is 0.400. The minimum atomic E-state index is 0. The molecule has 1 rings (SSSR count). The van der Waals surface area contributed by atoms with Gasteiger partial charge in [0.15, 0.2) is 0 Å². The van der Waals surface area contributed by atoms with Crippen LogP contribution >= 0.6 is 0 Å². The monoisotopic (exact) mass is 151 g/mol. The summed E-state index contributed by atoms with van der Waals surface area (Å²) >= 11 is 0. The van der Waals surface area contributed by atoms with Gasteiger partial charge in [0.2, 0.25) is 0 Å². The van der Waals surface area contributed by atoms with Crippen molar-refractivity contribution in [1.82, 2.24) is 0 Å². The molecule has 2 N–H and O–H groups in total. The maximum absolute atomic E-state index is 5.34. The van der Waals surface area contributed by atoms with E-state index in [1.165, 1.54) is 0 Å². The van der Waals surface area contributed by atoms with Crippen molar-refractivity contribution in [3.05, 3.63) is 30.3 Å². The standard InChI is InChI=1S/C6H6N.Co/c7-6-4-2-1-3-5-6;/h2-5H,7H2;/q-1;. The molecule has 0 saturated heterocycles. The van der Waals surface area contributed by atoms with Crippen LogP contribution in [0.15, 0.2) is 24.3 Å². The van der Waals surface area contributed by atoms with E-state index in [2.05, 4.69) is 6.07 Å². The number of hydrogen-bond acceptors (Lipinski definition) is 1. The Morgan fingerprint density at radius 1 is 1.25 bits per heavy atom. The molecule has 0 aliphatic carbocycles. The van der Waals surface area contributed by atoms with E-state index in [1.54, 1.807) is 24.3 Å². The first-order valence-electron chi connectivity index (χ1n) is 2.11. The molecule has 1 radical (unpaired) electrons. The van der Waals surface area contributed by atoms with Crippen LogP contribution in [0.2, 0.25) is 0 Å². The molecular weight excluding hydrogens is 145 g/mol. The summed E-state index contributed by atoms with van der Waals surface area (Å²) in [4.78, 5) is 0. The van der Waals surface area contributed by atoms with Crippen LogP contribution in [0.5, 0.6) is 0 Å². The molecule has 0 aliphatic rings. The van der Waals surface area contributed by atoms with Gasteiger partial charge in [-0.05, 0) is 0 Å². The average Bonchev–Trinajstić information content (AvgIpc) is 1.69. The van der Waals surface area contributed by atoms with Crippen LogP contribution in [0, 0.1) is 6.07 Å². The predicted octanol–water partition coefficient (Wildman–Crippen LogP) is 1.07. The van der Waals surface area contributed by atoms with Gasteiger partial charge in [0, 0.05) is 16.8 Å². The molecule has 0 amide bonds. The molecule has 0 bridgehead atoms. The van der Waals surface area contributed by atoms with E-state index < -0.39 is 0 Å². The zero-order valence-corrected chi connectivity index (χ0v) is 5.26. The van der Waals surface area contributed by atoms with Crippen molar-refractivity contribution in [2.45, 2.75) is 0 Å². The Labute approximate surface area is 59.1 Å². The summed E-state index contributed by atoms with van der Waals surface area (Å²) in [6, 6.07) is 10.0. The Hall–Kier alpha value is -0.474. The molecule has 45 valence electrons. The molecule has 0 spiro atoms. The summed E-state index contributed by atoms with van der Waals surface area (Å²) < 4.78 is 0. The zero-order chi connectivity index (χ0) is 5.11. The van der Waals surface area contributed by atoms with E-state index in [0.29, 0.717) is 0 Å². The van der Waals surface area contributed by atoms with E-state index in [1.807, 2.05) is 0 Å². The zero-order valence-electron chi connectivity index (χ0n) is 4.22. The third kappa shape index (κ3) is 2.00. The molecule has 2 heteroatoms. The summed E-state index contributed by atoms with van der Waals surface area (Å²) in [6.45, 7) is 0. The van der Waals surface area contributed by atoms with Crippen molar-refractivity contribution in [2.24, 2.45) is 0 Å². The molecule has 1 aromatic rings. The smallest absolute Gasteiger partial charge is 0 e. The minimum Gasteiger partial charge on any atom is -0.419 e. The van der Waals surface area contributed by atoms with Gasteiger partial charge in [-0.2, -0.15) is 18.2 Å². The third-order valence-electron chi connectivity index (χ3n) is 0.744. The van der Waals surface area contributed by atoms with Crippen LogP contribution in [0.3, 0.4) is 0 Å². The fourth-order valence-electron chi connectivity index (χ4n) is 0.400. The first-order chi connectivity index (χ1) is 3.39. The molecule has 0 atom stereocenters. The van der Waals surface area contributed by atoms with E-state index in [0.717, 1.165) is 5.69 Å². The van der Waals surface area contributed by atoms with Gasteiger partial charge in [-0.3, -0.25) is 0 Å². The second kappa shape index (κ2) is 3.52. The second-order valence-corrected chi connectivity index (χ2v) is 1.33. The molecule has 0 unspecified atom stereocenters. The third-order valence-corrected chi connectivity index (χ3v) is 0.744. The van der Waals surface area contributed by atoms with Gasteiger partial charge in [-0.15, -0.1) is 12.1 Å².